The molecule has 0 rings (SSSR count). The number of carbonyl (C=O) groups excluding carboxylic acids is 4. The Bertz CT molecular complexity index is 1830. The van der Waals surface area contributed by atoms with Crippen molar-refractivity contribution < 1.29 is 80.2 Å². The minimum absolute atomic E-state index is 0.108. The molecule has 2 unspecified atom stereocenters. The normalized spacial score (nSPS) is 13.9. The Morgan fingerprint density at radius 3 is 0.615 bits per heavy atom. The molecule has 0 fully saturated rings. The Morgan fingerprint density at radius 1 is 0.250 bits per heavy atom. The standard InChI is InChI=1S/C77H150O17P2/c1-5-9-13-17-21-25-28-31-33-35-37-39-41-44-48-52-56-60-64-77(82)94-73(68-88-75(80)62-58-54-50-46-43-40-38-36-34-32-29-26-22-18-14-10-6-2)70-92-96(85,86)90-66-71(78)65-89-95(83,84)91-69-72(67-87-74(79)61-57-53-49-45-24-20-16-12-8-4)93-76(81)63-59-55-51-47-42-30-27-23-19-15-11-7-3/h71-73,78H,5-70H2,1-4H3,(H,83,84)(H,85,86)/t71-,72+,73+/m0/s1. The summed E-state index contributed by atoms with van der Waals surface area (Å²) in [6.07, 6.45) is 62.4. The minimum atomic E-state index is -4.96. The third-order valence-corrected chi connectivity index (χ3v) is 20.0. The van der Waals surface area contributed by atoms with Gasteiger partial charge in [-0.3, -0.25) is 37.3 Å². The summed E-state index contributed by atoms with van der Waals surface area (Å²) >= 11 is 0. The second-order valence-electron chi connectivity index (χ2n) is 27.7. The first-order chi connectivity index (χ1) is 46.7. The molecular formula is C77H150O17P2. The van der Waals surface area contributed by atoms with Gasteiger partial charge in [0.1, 0.15) is 19.3 Å². The number of carbonyl (C=O) groups is 4. The number of hydrogen-bond donors (Lipinski definition) is 3. The van der Waals surface area contributed by atoms with Crippen molar-refractivity contribution in [2.75, 3.05) is 39.6 Å². The number of phosphoric acid groups is 2. The highest BCUT2D eigenvalue weighted by Crippen LogP contribution is 2.45. The fraction of sp³-hybridized carbons (Fsp3) is 0.948. The average molecular weight is 1410 g/mol. The molecule has 3 N–H and O–H groups in total. The van der Waals surface area contributed by atoms with E-state index in [2.05, 4.69) is 27.7 Å². The maximum absolute atomic E-state index is 13.1. The van der Waals surface area contributed by atoms with Crippen molar-refractivity contribution in [3.8, 4) is 0 Å². The van der Waals surface area contributed by atoms with Crippen LogP contribution in [-0.2, 0) is 65.4 Å². The summed E-state index contributed by atoms with van der Waals surface area (Å²) in [7, 11) is -9.91. The number of hydrogen-bond acceptors (Lipinski definition) is 15. The molecule has 5 atom stereocenters. The van der Waals surface area contributed by atoms with Crippen molar-refractivity contribution >= 4 is 39.5 Å². The minimum Gasteiger partial charge on any atom is -0.462 e. The van der Waals surface area contributed by atoms with Crippen LogP contribution in [0.25, 0.3) is 0 Å². The van der Waals surface area contributed by atoms with Gasteiger partial charge in [0.25, 0.3) is 0 Å². The molecule has 17 nitrogen and oxygen atoms in total. The highest BCUT2D eigenvalue weighted by molar-refractivity contribution is 7.47. The Morgan fingerprint density at radius 2 is 0.417 bits per heavy atom. The zero-order chi connectivity index (χ0) is 70.4. The highest BCUT2D eigenvalue weighted by Gasteiger charge is 2.30. The monoisotopic (exact) mass is 1410 g/mol. The summed E-state index contributed by atoms with van der Waals surface area (Å²) in [4.78, 5) is 72.8. The lowest BCUT2D eigenvalue weighted by Gasteiger charge is -2.21. The Labute approximate surface area is 588 Å². The van der Waals surface area contributed by atoms with Crippen LogP contribution in [0, 0.1) is 0 Å². The summed E-state index contributed by atoms with van der Waals surface area (Å²) in [5, 5.41) is 10.6. The van der Waals surface area contributed by atoms with Crippen molar-refractivity contribution in [3.05, 3.63) is 0 Å². The fourth-order valence-corrected chi connectivity index (χ4v) is 13.5. The van der Waals surface area contributed by atoms with E-state index >= 15 is 0 Å². The maximum Gasteiger partial charge on any atom is 0.472 e. The van der Waals surface area contributed by atoms with E-state index in [1.165, 1.54) is 244 Å². The quantitative estimate of drug-likeness (QED) is 0.0222. The molecule has 0 aliphatic carbocycles. The third-order valence-electron chi connectivity index (χ3n) is 18.1. The van der Waals surface area contributed by atoms with E-state index in [9.17, 15) is 43.2 Å². The number of ether oxygens (including phenoxy) is 4. The molecule has 0 bridgehead atoms. The SMILES string of the molecule is CCCCCCCCCCCCCCCCCCCCC(=O)O[C@H](COC(=O)CCCCCCCCCCCCCCCCCCC)COP(=O)(O)OC[C@@H](O)COP(=O)(O)OC[C@@H](COC(=O)CCCCCCCCCCC)OC(=O)CCCCCCCCCCCCCC. The number of unbranched alkanes of at least 4 members (excludes halogenated alkanes) is 52. The van der Waals surface area contributed by atoms with Gasteiger partial charge in [0.15, 0.2) is 12.2 Å². The second kappa shape index (κ2) is 71.5. The van der Waals surface area contributed by atoms with Crippen molar-refractivity contribution in [1.29, 1.82) is 0 Å². The number of esters is 4. The van der Waals surface area contributed by atoms with Gasteiger partial charge in [-0.1, -0.05) is 362 Å². The lowest BCUT2D eigenvalue weighted by atomic mass is 10.0. The molecular weight excluding hydrogens is 1260 g/mol. The second-order valence-corrected chi connectivity index (χ2v) is 30.7. The lowest BCUT2D eigenvalue weighted by Crippen LogP contribution is -2.30. The van der Waals surface area contributed by atoms with Crippen molar-refractivity contribution in [2.45, 2.75) is 431 Å². The van der Waals surface area contributed by atoms with Gasteiger partial charge in [-0.2, -0.15) is 0 Å². The van der Waals surface area contributed by atoms with Crippen LogP contribution in [0.3, 0.4) is 0 Å². The van der Waals surface area contributed by atoms with E-state index in [0.717, 1.165) is 89.9 Å². The smallest absolute Gasteiger partial charge is 0.462 e. The van der Waals surface area contributed by atoms with Gasteiger partial charge in [-0.15, -0.1) is 0 Å². The molecule has 0 amide bonds. The van der Waals surface area contributed by atoms with Crippen LogP contribution >= 0.6 is 15.6 Å². The third kappa shape index (κ3) is 70.5. The Balaban J connectivity index is 5.21. The number of phosphoric ester groups is 2. The van der Waals surface area contributed by atoms with Gasteiger partial charge in [0.2, 0.25) is 0 Å². The molecule has 0 aromatic heterocycles. The molecule has 0 aliphatic heterocycles. The first-order valence-corrected chi connectivity index (χ1v) is 43.3. The van der Waals surface area contributed by atoms with Crippen molar-refractivity contribution in [1.82, 2.24) is 0 Å². The first-order valence-electron chi connectivity index (χ1n) is 40.3. The number of aliphatic hydroxyl groups excluding tert-OH is 1. The van der Waals surface area contributed by atoms with E-state index < -0.39 is 97.5 Å². The molecule has 19 heteroatoms. The summed E-state index contributed by atoms with van der Waals surface area (Å²) in [6.45, 7) is 4.99. The van der Waals surface area contributed by atoms with E-state index in [-0.39, 0.29) is 25.7 Å². The molecule has 0 aromatic carbocycles. The van der Waals surface area contributed by atoms with Crippen LogP contribution in [0.5, 0.6) is 0 Å². The van der Waals surface area contributed by atoms with Gasteiger partial charge in [-0.05, 0) is 25.7 Å². The molecule has 0 heterocycles. The van der Waals surface area contributed by atoms with Crippen LogP contribution < -0.4 is 0 Å². The van der Waals surface area contributed by atoms with Gasteiger partial charge >= 0.3 is 39.5 Å². The molecule has 0 radical (unpaired) electrons. The predicted octanol–water partition coefficient (Wildman–Crippen LogP) is 23.0. The Kier molecular flexibility index (Phi) is 70.0. The summed E-state index contributed by atoms with van der Waals surface area (Å²) in [6, 6.07) is 0. The van der Waals surface area contributed by atoms with E-state index in [0.29, 0.717) is 25.7 Å². The molecule has 0 saturated heterocycles. The first kappa shape index (κ1) is 94.1. The molecule has 0 aromatic rings. The number of rotatable bonds is 78. The molecule has 570 valence electrons. The summed E-state index contributed by atoms with van der Waals surface area (Å²) in [5.74, 6) is -2.11. The van der Waals surface area contributed by atoms with Crippen molar-refractivity contribution in [3.63, 3.8) is 0 Å². The summed E-state index contributed by atoms with van der Waals surface area (Å²) in [5.41, 5.74) is 0. The van der Waals surface area contributed by atoms with E-state index in [4.69, 9.17) is 37.0 Å². The van der Waals surface area contributed by atoms with Gasteiger partial charge in [-0.25, -0.2) is 9.13 Å². The van der Waals surface area contributed by atoms with E-state index in [1.54, 1.807) is 0 Å². The molecule has 0 saturated carbocycles. The lowest BCUT2D eigenvalue weighted by molar-refractivity contribution is -0.161. The zero-order valence-corrected chi connectivity index (χ0v) is 64.1. The van der Waals surface area contributed by atoms with Crippen LogP contribution in [0.1, 0.15) is 413 Å². The predicted molar refractivity (Wildman–Crippen MR) is 391 cm³/mol. The number of aliphatic hydroxyl groups is 1. The average Bonchev–Trinajstić information content (AvgIpc) is 1.37. The van der Waals surface area contributed by atoms with Crippen LogP contribution in [-0.4, -0.2) is 96.7 Å². The van der Waals surface area contributed by atoms with Gasteiger partial charge < -0.3 is 33.8 Å². The Hall–Kier alpha value is -1.94. The highest BCUT2D eigenvalue weighted by atomic mass is 31.2. The van der Waals surface area contributed by atoms with Crippen LogP contribution in [0.15, 0.2) is 0 Å². The summed E-state index contributed by atoms with van der Waals surface area (Å²) < 4.78 is 68.5. The molecule has 0 spiro atoms. The van der Waals surface area contributed by atoms with Gasteiger partial charge in [0.05, 0.1) is 26.4 Å². The van der Waals surface area contributed by atoms with Crippen LogP contribution in [0.4, 0.5) is 0 Å². The van der Waals surface area contributed by atoms with E-state index in [1.807, 2.05) is 0 Å². The maximum atomic E-state index is 13.1. The van der Waals surface area contributed by atoms with Crippen LogP contribution in [0.2, 0.25) is 0 Å². The van der Waals surface area contributed by atoms with Crippen molar-refractivity contribution in [2.24, 2.45) is 0 Å². The zero-order valence-electron chi connectivity index (χ0n) is 62.4. The fourth-order valence-electron chi connectivity index (χ4n) is 11.9. The topological polar surface area (TPSA) is 237 Å². The largest absolute Gasteiger partial charge is 0.472 e. The molecule has 0 aliphatic rings. The van der Waals surface area contributed by atoms with Gasteiger partial charge in [0, 0.05) is 25.7 Å². The molecule has 96 heavy (non-hydrogen) atoms.